The number of carboxylic acid groups (broad SMARTS) is 1. The average molecular weight is 551 g/mol. The van der Waals surface area contributed by atoms with Gasteiger partial charge in [-0.2, -0.15) is 0 Å². The Hall–Kier alpha value is -2.68. The van der Waals surface area contributed by atoms with Gasteiger partial charge in [0.05, 0.1) is 15.6 Å². The summed E-state index contributed by atoms with van der Waals surface area (Å²) >= 11 is 18.5. The molecule has 1 atom stereocenters. The highest BCUT2D eigenvalue weighted by Gasteiger charge is 2.44. The van der Waals surface area contributed by atoms with Crippen molar-refractivity contribution in [3.8, 4) is 0 Å². The molecule has 0 aromatic heterocycles. The SMILES string of the molecule is CC(=O)NCCC1(C(=S)N(NC(=O)c2c(Cl)cccc2Cl)[C@@H](Cc2ccccc2)C(=O)O)CCCC1. The van der Waals surface area contributed by atoms with Crippen LogP contribution in [0.1, 0.15) is 54.9 Å². The van der Waals surface area contributed by atoms with Gasteiger partial charge in [-0.3, -0.25) is 20.0 Å². The molecule has 2 amide bonds. The Balaban J connectivity index is 2.00. The molecule has 3 rings (SSSR count). The quantitative estimate of drug-likeness (QED) is 0.299. The number of rotatable bonds is 9. The Morgan fingerprint density at radius 3 is 2.22 bits per heavy atom. The molecule has 1 fully saturated rings. The Kier molecular flexibility index (Phi) is 9.70. The molecular formula is C26H29Cl2N3O4S. The van der Waals surface area contributed by atoms with Gasteiger partial charge in [0.1, 0.15) is 4.99 Å². The molecule has 1 aliphatic rings. The molecule has 0 bridgehead atoms. The lowest BCUT2D eigenvalue weighted by Crippen LogP contribution is -2.59. The molecule has 192 valence electrons. The van der Waals surface area contributed by atoms with Crippen molar-refractivity contribution in [2.24, 2.45) is 5.41 Å². The first kappa shape index (κ1) is 27.9. The van der Waals surface area contributed by atoms with E-state index in [0.29, 0.717) is 18.0 Å². The number of hydrogen-bond donors (Lipinski definition) is 3. The fourth-order valence-corrected chi connectivity index (χ4v) is 5.68. The summed E-state index contributed by atoms with van der Waals surface area (Å²) in [6.45, 7) is 1.84. The molecule has 2 aromatic carbocycles. The monoisotopic (exact) mass is 549 g/mol. The van der Waals surface area contributed by atoms with E-state index >= 15 is 0 Å². The van der Waals surface area contributed by atoms with Gasteiger partial charge in [0.2, 0.25) is 5.91 Å². The molecule has 0 unspecified atom stereocenters. The lowest BCUT2D eigenvalue weighted by molar-refractivity contribution is -0.142. The number of benzene rings is 2. The van der Waals surface area contributed by atoms with E-state index in [-0.39, 0.29) is 27.9 Å². The van der Waals surface area contributed by atoms with Crippen LogP contribution in [0.25, 0.3) is 0 Å². The number of carbonyl (C=O) groups is 3. The summed E-state index contributed by atoms with van der Waals surface area (Å²) in [6.07, 6.45) is 3.91. The maximum Gasteiger partial charge on any atom is 0.328 e. The summed E-state index contributed by atoms with van der Waals surface area (Å²) in [5, 5.41) is 14.6. The van der Waals surface area contributed by atoms with Crippen molar-refractivity contribution in [1.82, 2.24) is 15.8 Å². The molecule has 3 N–H and O–H groups in total. The van der Waals surface area contributed by atoms with Crippen molar-refractivity contribution in [3.05, 3.63) is 69.7 Å². The highest BCUT2D eigenvalue weighted by Crippen LogP contribution is 2.43. The van der Waals surface area contributed by atoms with E-state index in [1.807, 2.05) is 30.3 Å². The van der Waals surface area contributed by atoms with Crippen LogP contribution in [0.4, 0.5) is 0 Å². The predicted octanol–water partition coefficient (Wildman–Crippen LogP) is 5.05. The molecule has 0 spiro atoms. The third-order valence-electron chi connectivity index (χ3n) is 6.49. The van der Waals surface area contributed by atoms with Crippen LogP contribution < -0.4 is 10.7 Å². The number of hydrazine groups is 1. The molecule has 0 radical (unpaired) electrons. The molecule has 0 saturated heterocycles. The molecule has 0 aliphatic heterocycles. The Morgan fingerprint density at radius 1 is 1.06 bits per heavy atom. The van der Waals surface area contributed by atoms with Crippen LogP contribution in [0.2, 0.25) is 10.0 Å². The third kappa shape index (κ3) is 6.75. The lowest BCUT2D eigenvalue weighted by atomic mass is 9.81. The third-order valence-corrected chi connectivity index (χ3v) is 7.75. The van der Waals surface area contributed by atoms with Gasteiger partial charge >= 0.3 is 5.97 Å². The van der Waals surface area contributed by atoms with Crippen molar-refractivity contribution in [3.63, 3.8) is 0 Å². The van der Waals surface area contributed by atoms with E-state index in [0.717, 1.165) is 31.2 Å². The molecule has 1 aliphatic carbocycles. The number of halogens is 2. The smallest absolute Gasteiger partial charge is 0.328 e. The van der Waals surface area contributed by atoms with Gasteiger partial charge in [-0.15, -0.1) is 0 Å². The normalized spacial score (nSPS) is 15.1. The van der Waals surface area contributed by atoms with Crippen molar-refractivity contribution in [1.29, 1.82) is 0 Å². The van der Waals surface area contributed by atoms with Gasteiger partial charge in [0.15, 0.2) is 6.04 Å². The topological polar surface area (TPSA) is 98.7 Å². The number of hydrogen-bond acceptors (Lipinski definition) is 4. The van der Waals surface area contributed by atoms with Crippen molar-refractivity contribution in [2.75, 3.05) is 6.54 Å². The number of thiocarbonyl (C=S) groups is 1. The Labute approximate surface area is 226 Å². The van der Waals surface area contributed by atoms with Crippen molar-refractivity contribution >= 4 is 58.2 Å². The van der Waals surface area contributed by atoms with E-state index in [9.17, 15) is 19.5 Å². The fraction of sp³-hybridized carbons (Fsp3) is 0.385. The zero-order chi connectivity index (χ0) is 26.3. The number of amides is 2. The highest BCUT2D eigenvalue weighted by molar-refractivity contribution is 7.80. The van der Waals surface area contributed by atoms with Gasteiger partial charge in [0.25, 0.3) is 5.91 Å². The largest absolute Gasteiger partial charge is 0.480 e. The first-order valence-corrected chi connectivity index (χ1v) is 12.9. The minimum Gasteiger partial charge on any atom is -0.480 e. The molecule has 2 aromatic rings. The highest BCUT2D eigenvalue weighted by atomic mass is 35.5. The minimum atomic E-state index is -1.18. The number of nitrogens with one attached hydrogen (secondary N) is 2. The van der Waals surface area contributed by atoms with Gasteiger partial charge in [0, 0.05) is 25.3 Å². The number of aliphatic carboxylic acids is 1. The second-order valence-electron chi connectivity index (χ2n) is 8.98. The number of carbonyl (C=O) groups excluding carboxylic acids is 2. The van der Waals surface area contributed by atoms with Crippen LogP contribution in [0.3, 0.4) is 0 Å². The van der Waals surface area contributed by atoms with Crippen LogP contribution in [-0.4, -0.2) is 45.5 Å². The average Bonchev–Trinajstić information content (AvgIpc) is 3.31. The van der Waals surface area contributed by atoms with Crippen LogP contribution in [0, 0.1) is 5.41 Å². The molecule has 7 nitrogen and oxygen atoms in total. The maximum absolute atomic E-state index is 13.4. The first-order valence-electron chi connectivity index (χ1n) is 11.7. The van der Waals surface area contributed by atoms with Crippen LogP contribution >= 0.6 is 35.4 Å². The molecule has 10 heteroatoms. The summed E-state index contributed by atoms with van der Waals surface area (Å²) in [5.74, 6) is -1.94. The summed E-state index contributed by atoms with van der Waals surface area (Å²) in [6, 6.07) is 12.7. The fourth-order valence-electron chi connectivity index (χ4n) is 4.63. The molecule has 1 saturated carbocycles. The van der Waals surface area contributed by atoms with Crippen LogP contribution in [0.15, 0.2) is 48.5 Å². The van der Waals surface area contributed by atoms with E-state index in [4.69, 9.17) is 35.4 Å². The van der Waals surface area contributed by atoms with Crippen LogP contribution in [0.5, 0.6) is 0 Å². The standard InChI is InChI=1S/C26H29Cl2N3O4S/c1-17(32)29-15-14-26(12-5-6-13-26)25(36)31(21(24(34)35)16-18-8-3-2-4-9-18)30-23(33)22-19(27)10-7-11-20(22)28/h2-4,7-11,21H,5-6,12-16H2,1H3,(H,29,32)(H,30,33)(H,34,35)/t21-/m0/s1. The Bertz CT molecular complexity index is 1100. The Morgan fingerprint density at radius 2 is 1.67 bits per heavy atom. The summed E-state index contributed by atoms with van der Waals surface area (Å²) in [5.41, 5.74) is 2.99. The van der Waals surface area contributed by atoms with E-state index in [1.54, 1.807) is 6.07 Å². The maximum atomic E-state index is 13.4. The summed E-state index contributed by atoms with van der Waals surface area (Å²) in [7, 11) is 0. The molecule has 0 heterocycles. The predicted molar refractivity (Wildman–Crippen MR) is 144 cm³/mol. The lowest BCUT2D eigenvalue weighted by Gasteiger charge is -2.40. The molecule has 36 heavy (non-hydrogen) atoms. The van der Waals surface area contributed by atoms with E-state index in [2.05, 4.69) is 10.7 Å². The zero-order valence-electron chi connectivity index (χ0n) is 19.9. The van der Waals surface area contributed by atoms with Gasteiger partial charge in [-0.05, 0) is 37.0 Å². The zero-order valence-corrected chi connectivity index (χ0v) is 22.3. The van der Waals surface area contributed by atoms with Gasteiger partial charge in [-0.25, -0.2) is 4.79 Å². The summed E-state index contributed by atoms with van der Waals surface area (Å²) < 4.78 is 0. The van der Waals surface area contributed by atoms with Gasteiger partial charge < -0.3 is 10.4 Å². The summed E-state index contributed by atoms with van der Waals surface area (Å²) in [4.78, 5) is 37.7. The number of nitrogens with zero attached hydrogens (tertiary/aromatic N) is 1. The van der Waals surface area contributed by atoms with Crippen LogP contribution in [-0.2, 0) is 16.0 Å². The van der Waals surface area contributed by atoms with Gasteiger partial charge in [-0.1, -0.05) is 84.7 Å². The number of carboxylic acids is 1. The van der Waals surface area contributed by atoms with E-state index in [1.165, 1.54) is 24.1 Å². The second kappa shape index (κ2) is 12.5. The van der Waals surface area contributed by atoms with E-state index < -0.39 is 23.3 Å². The molecular weight excluding hydrogens is 521 g/mol. The second-order valence-corrected chi connectivity index (χ2v) is 10.2. The van der Waals surface area contributed by atoms with Crippen molar-refractivity contribution < 1.29 is 19.5 Å². The first-order chi connectivity index (χ1) is 17.1. The minimum absolute atomic E-state index is 0.0381. The van der Waals surface area contributed by atoms with Crippen molar-refractivity contribution in [2.45, 2.75) is 51.5 Å².